The highest BCUT2D eigenvalue weighted by atomic mass is 35.5. The summed E-state index contributed by atoms with van der Waals surface area (Å²) in [7, 11) is 1.39. The highest BCUT2D eigenvalue weighted by Gasteiger charge is 2.09. The molecular formula is C20H20ClNO2. The summed E-state index contributed by atoms with van der Waals surface area (Å²) in [6, 6.07) is 13.6. The number of hydrogen-bond donors (Lipinski definition) is 1. The van der Waals surface area contributed by atoms with Gasteiger partial charge in [-0.25, -0.2) is 4.79 Å². The molecule has 0 aliphatic rings. The Labute approximate surface area is 146 Å². The third-order valence-corrected chi connectivity index (χ3v) is 4.58. The number of methoxy groups -OCH3 is 1. The van der Waals surface area contributed by atoms with Crippen molar-refractivity contribution in [2.45, 2.75) is 26.2 Å². The van der Waals surface area contributed by atoms with E-state index in [9.17, 15) is 4.79 Å². The van der Waals surface area contributed by atoms with Crippen molar-refractivity contribution in [3.05, 3.63) is 69.9 Å². The molecule has 0 radical (unpaired) electrons. The fourth-order valence-corrected chi connectivity index (χ4v) is 3.24. The molecule has 24 heavy (non-hydrogen) atoms. The van der Waals surface area contributed by atoms with E-state index in [2.05, 4.69) is 11.9 Å². The van der Waals surface area contributed by atoms with Crippen molar-refractivity contribution in [3.63, 3.8) is 0 Å². The number of ether oxygens (including phenoxy) is 1. The first-order valence-electron chi connectivity index (χ1n) is 8.02. The molecule has 0 unspecified atom stereocenters. The zero-order valence-corrected chi connectivity index (χ0v) is 14.6. The second-order valence-electron chi connectivity index (χ2n) is 5.96. The van der Waals surface area contributed by atoms with Crippen LogP contribution in [0, 0.1) is 6.92 Å². The molecule has 0 saturated carbocycles. The Morgan fingerprint density at radius 3 is 2.58 bits per heavy atom. The van der Waals surface area contributed by atoms with Crippen molar-refractivity contribution < 1.29 is 9.53 Å². The summed E-state index contributed by atoms with van der Waals surface area (Å²) in [4.78, 5) is 14.9. The summed E-state index contributed by atoms with van der Waals surface area (Å²) < 4.78 is 4.72. The van der Waals surface area contributed by atoms with Crippen LogP contribution in [0.15, 0.2) is 42.5 Å². The van der Waals surface area contributed by atoms with Crippen molar-refractivity contribution in [2.75, 3.05) is 7.11 Å². The number of H-pyrrole nitrogens is 1. The molecule has 0 aliphatic carbocycles. The Hall–Kier alpha value is -2.26. The maximum Gasteiger partial charge on any atom is 0.337 e. The Kier molecular flexibility index (Phi) is 4.91. The normalized spacial score (nSPS) is 11.0. The average Bonchev–Trinajstić information content (AvgIpc) is 2.90. The molecule has 3 nitrogen and oxygen atoms in total. The van der Waals surface area contributed by atoms with Gasteiger partial charge in [0, 0.05) is 21.6 Å². The van der Waals surface area contributed by atoms with Crippen LogP contribution in [-0.4, -0.2) is 18.1 Å². The first-order chi connectivity index (χ1) is 11.6. The number of aromatic amines is 1. The van der Waals surface area contributed by atoms with E-state index in [1.807, 2.05) is 42.5 Å². The minimum absolute atomic E-state index is 0.298. The number of carbonyl (C=O) groups excluding carboxylic acids is 1. The molecule has 3 rings (SSSR count). The van der Waals surface area contributed by atoms with E-state index in [0.29, 0.717) is 5.56 Å². The van der Waals surface area contributed by atoms with Crippen molar-refractivity contribution >= 4 is 28.5 Å². The highest BCUT2D eigenvalue weighted by molar-refractivity contribution is 6.31. The lowest BCUT2D eigenvalue weighted by Crippen LogP contribution is -2.01. The number of aromatic nitrogens is 1. The van der Waals surface area contributed by atoms with Crippen molar-refractivity contribution in [3.8, 4) is 0 Å². The van der Waals surface area contributed by atoms with Crippen LogP contribution in [0.4, 0.5) is 0 Å². The van der Waals surface area contributed by atoms with Crippen LogP contribution in [0.2, 0.25) is 5.02 Å². The molecule has 3 aromatic rings. The lowest BCUT2D eigenvalue weighted by Gasteiger charge is -2.05. The third-order valence-electron chi connectivity index (χ3n) is 4.35. The maximum absolute atomic E-state index is 11.4. The van der Waals surface area contributed by atoms with E-state index < -0.39 is 0 Å². The number of aryl methyl sites for hydroxylation is 3. The molecule has 0 fully saturated rings. The molecule has 0 saturated heterocycles. The number of carbonyl (C=O) groups is 1. The third kappa shape index (κ3) is 3.46. The van der Waals surface area contributed by atoms with Gasteiger partial charge in [-0.3, -0.25) is 0 Å². The number of rotatable bonds is 5. The monoisotopic (exact) mass is 341 g/mol. The van der Waals surface area contributed by atoms with E-state index in [1.54, 1.807) is 0 Å². The van der Waals surface area contributed by atoms with Crippen LogP contribution in [0.5, 0.6) is 0 Å². The molecular weight excluding hydrogens is 322 g/mol. The molecule has 1 aromatic heterocycles. The van der Waals surface area contributed by atoms with Gasteiger partial charge in [-0.2, -0.15) is 0 Å². The Bertz CT molecular complexity index is 865. The van der Waals surface area contributed by atoms with E-state index in [-0.39, 0.29) is 5.97 Å². The van der Waals surface area contributed by atoms with Gasteiger partial charge in [-0.15, -0.1) is 0 Å². The summed E-state index contributed by atoms with van der Waals surface area (Å²) in [6.45, 7) is 2.11. The predicted molar refractivity (Wildman–Crippen MR) is 97.9 cm³/mol. The van der Waals surface area contributed by atoms with Crippen LogP contribution < -0.4 is 0 Å². The largest absolute Gasteiger partial charge is 0.465 e. The van der Waals surface area contributed by atoms with E-state index in [0.717, 1.165) is 29.8 Å². The van der Waals surface area contributed by atoms with Crippen LogP contribution in [0.25, 0.3) is 10.9 Å². The lowest BCUT2D eigenvalue weighted by atomic mass is 10.0. The fraction of sp³-hybridized carbons (Fsp3) is 0.250. The summed E-state index contributed by atoms with van der Waals surface area (Å²) in [5.74, 6) is -0.298. The topological polar surface area (TPSA) is 42.1 Å². The maximum atomic E-state index is 11.4. The first kappa shape index (κ1) is 16.6. The van der Waals surface area contributed by atoms with E-state index >= 15 is 0 Å². The zero-order valence-electron chi connectivity index (χ0n) is 13.9. The molecule has 124 valence electrons. The van der Waals surface area contributed by atoms with E-state index in [4.69, 9.17) is 16.3 Å². The summed E-state index contributed by atoms with van der Waals surface area (Å²) in [6.07, 6.45) is 3.00. The molecule has 1 N–H and O–H groups in total. The van der Waals surface area contributed by atoms with Crippen LogP contribution in [-0.2, 0) is 17.6 Å². The number of halogens is 1. The molecule has 0 amide bonds. The molecule has 0 atom stereocenters. The minimum atomic E-state index is -0.298. The van der Waals surface area contributed by atoms with Crippen molar-refractivity contribution in [1.82, 2.24) is 4.98 Å². The Morgan fingerprint density at radius 2 is 1.88 bits per heavy atom. The molecule has 0 aliphatic heterocycles. The Morgan fingerprint density at radius 1 is 1.12 bits per heavy atom. The molecule has 1 heterocycles. The predicted octanol–water partition coefficient (Wildman–Crippen LogP) is 5.09. The van der Waals surface area contributed by atoms with Crippen LogP contribution in [0.3, 0.4) is 0 Å². The summed E-state index contributed by atoms with van der Waals surface area (Å²) in [5.41, 5.74) is 5.47. The number of esters is 1. The van der Waals surface area contributed by atoms with Crippen LogP contribution >= 0.6 is 11.6 Å². The van der Waals surface area contributed by atoms with Gasteiger partial charge in [0.05, 0.1) is 12.7 Å². The molecule has 2 aromatic carbocycles. The number of benzene rings is 2. The summed E-state index contributed by atoms with van der Waals surface area (Å²) in [5, 5.41) is 1.97. The minimum Gasteiger partial charge on any atom is -0.465 e. The quantitative estimate of drug-likeness (QED) is 0.656. The van der Waals surface area contributed by atoms with Gasteiger partial charge >= 0.3 is 5.97 Å². The molecule has 0 spiro atoms. The molecule has 4 heteroatoms. The van der Waals surface area contributed by atoms with Gasteiger partial charge in [0.1, 0.15) is 0 Å². The smallest absolute Gasteiger partial charge is 0.337 e. The lowest BCUT2D eigenvalue weighted by molar-refractivity contribution is 0.0600. The van der Waals surface area contributed by atoms with Gasteiger partial charge in [0.2, 0.25) is 0 Å². The zero-order chi connectivity index (χ0) is 17.1. The standard InChI is InChI=1S/C20H20ClNO2/c1-13-17(18-12-16(21)10-11-19(18)22-13)5-3-4-14-6-8-15(9-7-14)20(23)24-2/h6-12,22H,3-5H2,1-2H3. The second kappa shape index (κ2) is 7.10. The second-order valence-corrected chi connectivity index (χ2v) is 6.40. The van der Waals surface area contributed by atoms with E-state index in [1.165, 1.54) is 29.3 Å². The molecule has 0 bridgehead atoms. The average molecular weight is 342 g/mol. The first-order valence-corrected chi connectivity index (χ1v) is 8.40. The van der Waals surface area contributed by atoms with Crippen LogP contribution in [0.1, 0.15) is 33.6 Å². The van der Waals surface area contributed by atoms with Gasteiger partial charge in [0.25, 0.3) is 0 Å². The Balaban J connectivity index is 1.67. The van der Waals surface area contributed by atoms with Crippen molar-refractivity contribution in [2.24, 2.45) is 0 Å². The fourth-order valence-electron chi connectivity index (χ4n) is 3.07. The van der Waals surface area contributed by atoms with Gasteiger partial charge < -0.3 is 9.72 Å². The number of fused-ring (bicyclic) bond motifs is 1. The van der Waals surface area contributed by atoms with Gasteiger partial charge in [-0.1, -0.05) is 23.7 Å². The van der Waals surface area contributed by atoms with Gasteiger partial charge in [0.15, 0.2) is 0 Å². The number of nitrogens with one attached hydrogen (secondary N) is 1. The van der Waals surface area contributed by atoms with Gasteiger partial charge in [-0.05, 0) is 67.6 Å². The summed E-state index contributed by atoms with van der Waals surface area (Å²) >= 11 is 6.13. The van der Waals surface area contributed by atoms with Crippen molar-refractivity contribution in [1.29, 1.82) is 0 Å². The highest BCUT2D eigenvalue weighted by Crippen LogP contribution is 2.26. The number of hydrogen-bond acceptors (Lipinski definition) is 2. The SMILES string of the molecule is COC(=O)c1ccc(CCCc2c(C)[nH]c3ccc(Cl)cc23)cc1.